The molecule has 3 aromatic carbocycles. The molecule has 6 rings (SSSR count). The predicted octanol–water partition coefficient (Wildman–Crippen LogP) is 5.60. The van der Waals surface area contributed by atoms with Gasteiger partial charge < -0.3 is 19.1 Å². The Labute approximate surface area is 210 Å². The van der Waals surface area contributed by atoms with Gasteiger partial charge in [-0.05, 0) is 43.3 Å². The van der Waals surface area contributed by atoms with Crippen LogP contribution in [0.15, 0.2) is 83.4 Å². The van der Waals surface area contributed by atoms with Gasteiger partial charge in [-0.2, -0.15) is 4.98 Å². The normalized spacial score (nSPS) is 13.8. The Morgan fingerprint density at radius 2 is 1.53 bits per heavy atom. The molecule has 0 amide bonds. The summed E-state index contributed by atoms with van der Waals surface area (Å²) in [6.45, 7) is 5.63. The van der Waals surface area contributed by atoms with Crippen molar-refractivity contribution in [2.75, 3.05) is 43.1 Å². The van der Waals surface area contributed by atoms with E-state index < -0.39 is 0 Å². The van der Waals surface area contributed by atoms with Crippen molar-refractivity contribution in [1.82, 2.24) is 15.1 Å². The number of pyridine rings is 1. The van der Waals surface area contributed by atoms with Gasteiger partial charge in [-0.3, -0.25) is 0 Å². The molecule has 1 aliphatic rings. The molecule has 1 aliphatic heterocycles. The van der Waals surface area contributed by atoms with Gasteiger partial charge in [-0.15, -0.1) is 0 Å². The first kappa shape index (κ1) is 22.1. The van der Waals surface area contributed by atoms with Gasteiger partial charge in [0.2, 0.25) is 5.82 Å². The van der Waals surface area contributed by atoms with Crippen molar-refractivity contribution in [2.45, 2.75) is 6.92 Å². The number of nitrogens with zero attached hydrogens (tertiary/aromatic N) is 5. The summed E-state index contributed by atoms with van der Waals surface area (Å²) in [6.07, 6.45) is 0. The predicted molar refractivity (Wildman–Crippen MR) is 143 cm³/mol. The third-order valence-electron chi connectivity index (χ3n) is 6.71. The Morgan fingerprint density at radius 1 is 0.806 bits per heavy atom. The van der Waals surface area contributed by atoms with Crippen LogP contribution in [0.4, 0.5) is 11.5 Å². The summed E-state index contributed by atoms with van der Waals surface area (Å²) in [5.41, 5.74) is 5.15. The van der Waals surface area contributed by atoms with Crippen molar-refractivity contribution < 1.29 is 9.26 Å². The highest BCUT2D eigenvalue weighted by Gasteiger charge is 2.22. The Morgan fingerprint density at radius 3 is 2.28 bits per heavy atom. The Hall–Kier alpha value is -4.39. The first-order chi connectivity index (χ1) is 17.7. The highest BCUT2D eigenvalue weighted by molar-refractivity contribution is 5.94. The summed E-state index contributed by atoms with van der Waals surface area (Å²) in [4.78, 5) is 14.4. The Bertz CT molecular complexity index is 1490. The number of ether oxygens (including phenoxy) is 1. The number of hydrogen-bond donors (Lipinski definition) is 0. The molecule has 36 heavy (non-hydrogen) atoms. The number of aromatic nitrogens is 3. The largest absolute Gasteiger partial charge is 0.497 e. The summed E-state index contributed by atoms with van der Waals surface area (Å²) in [7, 11) is 1.69. The number of anilines is 2. The molecule has 7 nitrogen and oxygen atoms in total. The molecule has 1 saturated heterocycles. The Kier molecular flexibility index (Phi) is 5.73. The van der Waals surface area contributed by atoms with Crippen LogP contribution < -0.4 is 14.5 Å². The van der Waals surface area contributed by atoms with Gasteiger partial charge in [0.1, 0.15) is 11.6 Å². The topological polar surface area (TPSA) is 67.5 Å². The van der Waals surface area contributed by atoms with Crippen molar-refractivity contribution >= 4 is 22.4 Å². The summed E-state index contributed by atoms with van der Waals surface area (Å²) in [6, 6.07) is 26.6. The number of piperazine rings is 1. The van der Waals surface area contributed by atoms with Gasteiger partial charge in [0, 0.05) is 42.8 Å². The number of aryl methyl sites for hydroxylation is 1. The second-order valence-electron chi connectivity index (χ2n) is 9.01. The van der Waals surface area contributed by atoms with Gasteiger partial charge >= 0.3 is 0 Å². The zero-order valence-electron chi connectivity index (χ0n) is 20.4. The number of para-hydroxylation sites is 1. The zero-order chi connectivity index (χ0) is 24.5. The van der Waals surface area contributed by atoms with Crippen LogP contribution in [0.2, 0.25) is 0 Å². The molecule has 0 radical (unpaired) electrons. The first-order valence-electron chi connectivity index (χ1n) is 12.1. The van der Waals surface area contributed by atoms with E-state index >= 15 is 0 Å². The van der Waals surface area contributed by atoms with Crippen LogP contribution in [-0.2, 0) is 0 Å². The monoisotopic (exact) mass is 477 g/mol. The van der Waals surface area contributed by atoms with Crippen molar-refractivity contribution in [1.29, 1.82) is 0 Å². The molecule has 2 aromatic heterocycles. The smallest absolute Gasteiger partial charge is 0.259 e. The SMILES string of the molecule is COc1ccc(N2CCN(c3cc(-c4nc(-c5ccc(C)cc5)no4)c4ccccc4n3)CC2)cc1. The van der Waals surface area contributed by atoms with E-state index in [4.69, 9.17) is 19.2 Å². The zero-order valence-corrected chi connectivity index (χ0v) is 20.4. The van der Waals surface area contributed by atoms with E-state index in [1.54, 1.807) is 7.11 Å². The maximum atomic E-state index is 5.75. The van der Waals surface area contributed by atoms with Crippen LogP contribution in [0.3, 0.4) is 0 Å². The van der Waals surface area contributed by atoms with Gasteiger partial charge in [-0.25, -0.2) is 4.98 Å². The van der Waals surface area contributed by atoms with Gasteiger partial charge in [0.05, 0.1) is 18.2 Å². The molecule has 0 N–H and O–H groups in total. The molecule has 7 heteroatoms. The van der Waals surface area contributed by atoms with Crippen LogP contribution in [0, 0.1) is 6.92 Å². The lowest BCUT2D eigenvalue weighted by Gasteiger charge is -2.37. The van der Waals surface area contributed by atoms with Crippen molar-refractivity contribution in [3.63, 3.8) is 0 Å². The maximum absolute atomic E-state index is 5.75. The molecule has 0 aliphatic carbocycles. The molecule has 5 aromatic rings. The number of benzene rings is 3. The molecular weight excluding hydrogens is 450 g/mol. The fraction of sp³-hybridized carbons (Fsp3) is 0.207. The lowest BCUT2D eigenvalue weighted by Crippen LogP contribution is -2.46. The molecule has 1 fully saturated rings. The highest BCUT2D eigenvalue weighted by atomic mass is 16.5. The molecule has 0 spiro atoms. The van der Waals surface area contributed by atoms with Gasteiger partial charge in [-0.1, -0.05) is 53.2 Å². The van der Waals surface area contributed by atoms with Crippen LogP contribution in [0.25, 0.3) is 33.7 Å². The van der Waals surface area contributed by atoms with Crippen LogP contribution >= 0.6 is 0 Å². The molecule has 3 heterocycles. The number of rotatable bonds is 5. The lowest BCUT2D eigenvalue weighted by molar-refractivity contribution is 0.415. The van der Waals surface area contributed by atoms with Crippen molar-refractivity contribution in [3.8, 4) is 28.6 Å². The maximum Gasteiger partial charge on any atom is 0.259 e. The van der Waals surface area contributed by atoms with Crippen molar-refractivity contribution in [3.05, 3.63) is 84.4 Å². The quantitative estimate of drug-likeness (QED) is 0.327. The van der Waals surface area contributed by atoms with E-state index in [2.05, 4.69) is 58.3 Å². The van der Waals surface area contributed by atoms with Crippen LogP contribution in [-0.4, -0.2) is 48.4 Å². The Balaban J connectivity index is 1.28. The second-order valence-corrected chi connectivity index (χ2v) is 9.01. The van der Waals surface area contributed by atoms with E-state index in [9.17, 15) is 0 Å². The number of fused-ring (bicyclic) bond motifs is 1. The fourth-order valence-corrected chi connectivity index (χ4v) is 4.64. The van der Waals surface area contributed by atoms with Gasteiger partial charge in [0.15, 0.2) is 0 Å². The number of hydrogen-bond acceptors (Lipinski definition) is 7. The lowest BCUT2D eigenvalue weighted by atomic mass is 10.1. The molecule has 0 atom stereocenters. The van der Waals surface area contributed by atoms with E-state index in [0.29, 0.717) is 11.7 Å². The van der Waals surface area contributed by atoms with Gasteiger partial charge in [0.25, 0.3) is 5.89 Å². The molecule has 0 bridgehead atoms. The van der Waals surface area contributed by atoms with Crippen LogP contribution in [0.1, 0.15) is 5.56 Å². The summed E-state index contributed by atoms with van der Waals surface area (Å²) in [5.74, 6) is 2.88. The highest BCUT2D eigenvalue weighted by Crippen LogP contribution is 2.32. The average molecular weight is 478 g/mol. The molecule has 180 valence electrons. The minimum Gasteiger partial charge on any atom is -0.497 e. The first-order valence-corrected chi connectivity index (χ1v) is 12.1. The van der Waals surface area contributed by atoms with Crippen molar-refractivity contribution in [2.24, 2.45) is 0 Å². The molecular formula is C29H27N5O2. The fourth-order valence-electron chi connectivity index (χ4n) is 4.64. The third-order valence-corrected chi connectivity index (χ3v) is 6.71. The minimum atomic E-state index is 0.502. The standard InChI is InChI=1S/C29H27N5O2/c1-20-7-9-21(10-8-20)28-31-29(36-32-28)25-19-27(30-26-6-4-3-5-24(25)26)34-17-15-33(16-18-34)22-11-13-23(35-2)14-12-22/h3-14,19H,15-18H2,1-2H3. The minimum absolute atomic E-state index is 0.502. The summed E-state index contributed by atoms with van der Waals surface area (Å²) in [5, 5.41) is 5.26. The summed E-state index contributed by atoms with van der Waals surface area (Å²) >= 11 is 0. The second kappa shape index (κ2) is 9.34. The molecule has 0 unspecified atom stereocenters. The average Bonchev–Trinajstić information content (AvgIpc) is 3.43. The number of methoxy groups -OCH3 is 1. The molecule has 0 saturated carbocycles. The van der Waals surface area contributed by atoms with Crippen LogP contribution in [0.5, 0.6) is 5.75 Å². The van der Waals surface area contributed by atoms with E-state index in [1.165, 1.54) is 11.3 Å². The third kappa shape index (κ3) is 4.24. The summed E-state index contributed by atoms with van der Waals surface area (Å²) < 4.78 is 11.0. The van der Waals surface area contributed by atoms with E-state index in [-0.39, 0.29) is 0 Å². The van der Waals surface area contributed by atoms with E-state index in [0.717, 1.165) is 59.8 Å². The van der Waals surface area contributed by atoms with E-state index in [1.807, 2.05) is 42.5 Å².